The van der Waals surface area contributed by atoms with Crippen molar-refractivity contribution in [3.8, 4) is 0 Å². The van der Waals surface area contributed by atoms with Gasteiger partial charge in [-0.2, -0.15) is 11.3 Å². The minimum atomic E-state index is 0.691. The monoisotopic (exact) mass is 230 g/mol. The molecule has 1 aromatic rings. The third kappa shape index (κ3) is 4.47. The van der Waals surface area contributed by atoms with Crippen LogP contribution in [0.15, 0.2) is 16.8 Å². The predicted octanol–water partition coefficient (Wildman–Crippen LogP) is 4.58. The molecule has 1 rings (SSSR count). The van der Waals surface area contributed by atoms with Crippen LogP contribution in [-0.4, -0.2) is 5.88 Å². The van der Waals surface area contributed by atoms with Crippen molar-refractivity contribution in [2.75, 3.05) is 5.88 Å². The molecule has 14 heavy (non-hydrogen) atoms. The Labute approximate surface area is 96.3 Å². The lowest BCUT2D eigenvalue weighted by Gasteiger charge is -2.15. The number of alkyl halides is 1. The molecular weight excluding hydrogens is 212 g/mol. The Bertz CT molecular complexity index is 228. The van der Waals surface area contributed by atoms with E-state index in [1.807, 2.05) is 0 Å². The normalized spacial score (nSPS) is 13.4. The van der Waals surface area contributed by atoms with Crippen LogP contribution in [0.25, 0.3) is 0 Å². The quantitative estimate of drug-likeness (QED) is 0.628. The van der Waals surface area contributed by atoms with Crippen LogP contribution in [0.1, 0.15) is 32.3 Å². The molecule has 0 aliphatic carbocycles. The first-order valence-corrected chi connectivity index (χ1v) is 6.77. The fraction of sp³-hybridized carbons (Fsp3) is 0.667. The minimum Gasteiger partial charge on any atom is -0.152 e. The molecule has 2 heteroatoms. The first-order valence-electron chi connectivity index (χ1n) is 5.29. The largest absolute Gasteiger partial charge is 0.152 e. The Morgan fingerprint density at radius 3 is 2.71 bits per heavy atom. The average Bonchev–Trinajstić information content (AvgIpc) is 2.64. The Morgan fingerprint density at radius 2 is 2.21 bits per heavy atom. The molecule has 0 aliphatic heterocycles. The van der Waals surface area contributed by atoms with Gasteiger partial charge in [-0.25, -0.2) is 0 Å². The van der Waals surface area contributed by atoms with Gasteiger partial charge in [-0.1, -0.05) is 13.8 Å². The molecule has 0 spiro atoms. The van der Waals surface area contributed by atoms with Gasteiger partial charge in [-0.3, -0.25) is 0 Å². The van der Waals surface area contributed by atoms with Crippen molar-refractivity contribution >= 4 is 22.9 Å². The second kappa shape index (κ2) is 6.47. The summed E-state index contributed by atoms with van der Waals surface area (Å²) in [6, 6.07) is 2.21. The van der Waals surface area contributed by atoms with Gasteiger partial charge in [0.05, 0.1) is 0 Å². The fourth-order valence-corrected chi connectivity index (χ4v) is 2.71. The Kier molecular flexibility index (Phi) is 5.57. The second-order valence-electron chi connectivity index (χ2n) is 4.32. The topological polar surface area (TPSA) is 0 Å². The zero-order valence-electron chi connectivity index (χ0n) is 9.00. The van der Waals surface area contributed by atoms with Crippen molar-refractivity contribution < 1.29 is 0 Å². The van der Waals surface area contributed by atoms with Crippen LogP contribution in [0.3, 0.4) is 0 Å². The molecule has 1 heterocycles. The van der Waals surface area contributed by atoms with Crippen LogP contribution in [0.5, 0.6) is 0 Å². The van der Waals surface area contributed by atoms with Gasteiger partial charge in [0.15, 0.2) is 0 Å². The van der Waals surface area contributed by atoms with Crippen LogP contribution >= 0.6 is 22.9 Å². The minimum absolute atomic E-state index is 0.691. The van der Waals surface area contributed by atoms with E-state index in [1.54, 1.807) is 11.3 Å². The SMILES string of the molecule is CC(C)CC(CCl)CCc1ccsc1. The third-order valence-corrected chi connectivity index (χ3v) is 3.61. The molecule has 0 radical (unpaired) electrons. The van der Waals surface area contributed by atoms with Gasteiger partial charge in [0.2, 0.25) is 0 Å². The molecule has 0 aliphatic rings. The van der Waals surface area contributed by atoms with Gasteiger partial charge in [0.25, 0.3) is 0 Å². The summed E-state index contributed by atoms with van der Waals surface area (Å²) >= 11 is 7.73. The van der Waals surface area contributed by atoms with E-state index in [0.717, 1.165) is 11.8 Å². The van der Waals surface area contributed by atoms with E-state index in [0.29, 0.717) is 5.92 Å². The standard InChI is InChI=1S/C12H19ClS/c1-10(2)7-12(8-13)4-3-11-5-6-14-9-11/h5-6,9-10,12H,3-4,7-8H2,1-2H3. The molecule has 80 valence electrons. The van der Waals surface area contributed by atoms with Crippen molar-refractivity contribution in [2.45, 2.75) is 33.1 Å². The van der Waals surface area contributed by atoms with E-state index >= 15 is 0 Å². The lowest BCUT2D eigenvalue weighted by atomic mass is 9.93. The number of aryl methyl sites for hydroxylation is 1. The summed E-state index contributed by atoms with van der Waals surface area (Å²) in [6.07, 6.45) is 3.68. The van der Waals surface area contributed by atoms with Gasteiger partial charge in [-0.15, -0.1) is 11.6 Å². The van der Waals surface area contributed by atoms with Crippen LogP contribution < -0.4 is 0 Å². The van der Waals surface area contributed by atoms with E-state index < -0.39 is 0 Å². The highest BCUT2D eigenvalue weighted by molar-refractivity contribution is 7.07. The van der Waals surface area contributed by atoms with Crippen LogP contribution in [-0.2, 0) is 6.42 Å². The number of hydrogen-bond donors (Lipinski definition) is 0. The molecule has 0 nitrogen and oxygen atoms in total. The summed E-state index contributed by atoms with van der Waals surface area (Å²) < 4.78 is 0. The van der Waals surface area contributed by atoms with Gasteiger partial charge in [0, 0.05) is 5.88 Å². The molecule has 0 aromatic carbocycles. The second-order valence-corrected chi connectivity index (χ2v) is 5.41. The highest BCUT2D eigenvalue weighted by atomic mass is 35.5. The number of rotatable bonds is 6. The van der Waals surface area contributed by atoms with E-state index in [2.05, 4.69) is 30.7 Å². The molecule has 0 fully saturated rings. The Hall–Kier alpha value is -0.0100. The van der Waals surface area contributed by atoms with Crippen molar-refractivity contribution in [3.05, 3.63) is 22.4 Å². The van der Waals surface area contributed by atoms with Gasteiger partial charge >= 0.3 is 0 Å². The molecule has 0 bridgehead atoms. The summed E-state index contributed by atoms with van der Waals surface area (Å²) in [7, 11) is 0. The maximum Gasteiger partial charge on any atom is 0.0251 e. The maximum atomic E-state index is 5.95. The zero-order chi connectivity index (χ0) is 10.4. The van der Waals surface area contributed by atoms with E-state index in [9.17, 15) is 0 Å². The summed E-state index contributed by atoms with van der Waals surface area (Å²) in [5.41, 5.74) is 1.47. The van der Waals surface area contributed by atoms with Crippen LogP contribution in [0, 0.1) is 11.8 Å². The molecular formula is C12H19ClS. The van der Waals surface area contributed by atoms with Gasteiger partial charge in [-0.05, 0) is 53.5 Å². The highest BCUT2D eigenvalue weighted by Gasteiger charge is 2.09. The van der Waals surface area contributed by atoms with E-state index in [-0.39, 0.29) is 0 Å². The zero-order valence-corrected chi connectivity index (χ0v) is 10.6. The van der Waals surface area contributed by atoms with Gasteiger partial charge in [0.1, 0.15) is 0 Å². The molecule has 0 amide bonds. The van der Waals surface area contributed by atoms with Crippen molar-refractivity contribution in [1.82, 2.24) is 0 Å². The maximum absolute atomic E-state index is 5.95. The number of halogens is 1. The lowest BCUT2D eigenvalue weighted by molar-refractivity contribution is 0.419. The summed E-state index contributed by atoms with van der Waals surface area (Å²) in [6.45, 7) is 4.54. The first-order chi connectivity index (χ1) is 6.72. The highest BCUT2D eigenvalue weighted by Crippen LogP contribution is 2.20. The van der Waals surface area contributed by atoms with Crippen LogP contribution in [0.2, 0.25) is 0 Å². The molecule has 1 aromatic heterocycles. The van der Waals surface area contributed by atoms with E-state index in [4.69, 9.17) is 11.6 Å². The number of thiophene rings is 1. The smallest absolute Gasteiger partial charge is 0.0251 e. The molecule has 0 saturated heterocycles. The Balaban J connectivity index is 2.27. The molecule has 0 saturated carbocycles. The van der Waals surface area contributed by atoms with E-state index in [1.165, 1.54) is 24.8 Å². The fourth-order valence-electron chi connectivity index (χ4n) is 1.73. The van der Waals surface area contributed by atoms with Crippen molar-refractivity contribution in [2.24, 2.45) is 11.8 Å². The average molecular weight is 231 g/mol. The predicted molar refractivity (Wildman–Crippen MR) is 66.3 cm³/mol. The summed E-state index contributed by atoms with van der Waals surface area (Å²) in [4.78, 5) is 0. The number of hydrogen-bond acceptors (Lipinski definition) is 1. The van der Waals surface area contributed by atoms with Gasteiger partial charge < -0.3 is 0 Å². The summed E-state index contributed by atoms with van der Waals surface area (Å²) in [5, 5.41) is 4.38. The molecule has 0 N–H and O–H groups in total. The third-order valence-electron chi connectivity index (χ3n) is 2.44. The Morgan fingerprint density at radius 1 is 1.43 bits per heavy atom. The lowest BCUT2D eigenvalue weighted by Crippen LogP contribution is -2.07. The summed E-state index contributed by atoms with van der Waals surface area (Å²) in [5.74, 6) is 2.26. The molecule has 1 unspecified atom stereocenters. The first kappa shape index (κ1) is 12.1. The van der Waals surface area contributed by atoms with Crippen molar-refractivity contribution in [1.29, 1.82) is 0 Å². The van der Waals surface area contributed by atoms with Crippen LogP contribution in [0.4, 0.5) is 0 Å². The van der Waals surface area contributed by atoms with Crippen molar-refractivity contribution in [3.63, 3.8) is 0 Å². The molecule has 1 atom stereocenters.